The number of hydrogen-bond acceptors (Lipinski definition) is 1. The zero-order valence-corrected chi connectivity index (χ0v) is 15.0. The highest BCUT2D eigenvalue weighted by Gasteiger charge is 2.02. The monoisotopic (exact) mass is 395 g/mol. The summed E-state index contributed by atoms with van der Waals surface area (Å²) in [6.07, 6.45) is 1.14. The first-order valence-electron chi connectivity index (χ1n) is 6.81. The molecule has 0 amide bonds. The highest BCUT2D eigenvalue weighted by Crippen LogP contribution is 2.26. The van der Waals surface area contributed by atoms with Gasteiger partial charge < -0.3 is 5.32 Å². The second kappa shape index (κ2) is 7.28. The quantitative estimate of drug-likeness (QED) is 0.651. The largest absolute Gasteiger partial charge is 0.380 e. The molecule has 0 aliphatic rings. The molecule has 0 aromatic heterocycles. The molecule has 3 heteroatoms. The van der Waals surface area contributed by atoms with Gasteiger partial charge in [0, 0.05) is 21.2 Å². The van der Waals surface area contributed by atoms with Crippen molar-refractivity contribution in [2.24, 2.45) is 5.92 Å². The third-order valence-electron chi connectivity index (χ3n) is 3.08. The molecule has 106 valence electrons. The maximum Gasteiger partial charge on any atom is 0.0498 e. The van der Waals surface area contributed by atoms with Gasteiger partial charge in [-0.25, -0.2) is 0 Å². The molecule has 0 unspecified atom stereocenters. The average Bonchev–Trinajstić information content (AvgIpc) is 2.41. The van der Waals surface area contributed by atoms with Crippen molar-refractivity contribution < 1.29 is 0 Å². The van der Waals surface area contributed by atoms with Crippen LogP contribution in [0.15, 0.2) is 51.4 Å². The summed E-state index contributed by atoms with van der Waals surface area (Å²) in [6, 6.07) is 15.0. The standard InChI is InChI=1S/C17H19Br2N/c1-12(2)9-13-3-5-14(6-4-13)11-20-17-10-15(18)7-8-16(17)19/h3-8,10,12,20H,9,11H2,1-2H3. The Morgan fingerprint density at radius 2 is 1.60 bits per heavy atom. The van der Waals surface area contributed by atoms with E-state index in [-0.39, 0.29) is 0 Å². The van der Waals surface area contributed by atoms with Gasteiger partial charge in [-0.2, -0.15) is 0 Å². The Balaban J connectivity index is 1.98. The molecule has 20 heavy (non-hydrogen) atoms. The Morgan fingerprint density at radius 1 is 0.950 bits per heavy atom. The lowest BCUT2D eigenvalue weighted by molar-refractivity contribution is 0.647. The number of rotatable bonds is 5. The molecule has 0 bridgehead atoms. The highest BCUT2D eigenvalue weighted by atomic mass is 79.9. The van der Waals surface area contributed by atoms with Crippen molar-refractivity contribution in [1.82, 2.24) is 0 Å². The third-order valence-corrected chi connectivity index (χ3v) is 4.26. The normalized spacial score (nSPS) is 10.8. The van der Waals surface area contributed by atoms with Crippen LogP contribution in [0.3, 0.4) is 0 Å². The summed E-state index contributed by atoms with van der Waals surface area (Å²) >= 11 is 7.05. The smallest absolute Gasteiger partial charge is 0.0498 e. The van der Waals surface area contributed by atoms with E-state index in [0.29, 0.717) is 5.92 Å². The van der Waals surface area contributed by atoms with E-state index in [2.05, 4.69) is 81.4 Å². The van der Waals surface area contributed by atoms with Gasteiger partial charge in [-0.15, -0.1) is 0 Å². The Labute approximate surface area is 138 Å². The lowest BCUT2D eigenvalue weighted by Crippen LogP contribution is -2.01. The molecule has 0 fully saturated rings. The van der Waals surface area contributed by atoms with Crippen molar-refractivity contribution in [3.05, 3.63) is 62.5 Å². The van der Waals surface area contributed by atoms with E-state index in [4.69, 9.17) is 0 Å². The fourth-order valence-corrected chi connectivity index (χ4v) is 2.84. The van der Waals surface area contributed by atoms with Crippen molar-refractivity contribution in [2.75, 3.05) is 5.32 Å². The van der Waals surface area contributed by atoms with Crippen LogP contribution in [-0.2, 0) is 13.0 Å². The minimum atomic E-state index is 0.705. The van der Waals surface area contributed by atoms with Crippen LogP contribution in [0.5, 0.6) is 0 Å². The van der Waals surface area contributed by atoms with Gasteiger partial charge in [0.1, 0.15) is 0 Å². The van der Waals surface area contributed by atoms with Crippen LogP contribution in [0.2, 0.25) is 0 Å². The molecule has 0 atom stereocenters. The van der Waals surface area contributed by atoms with E-state index >= 15 is 0 Å². The van der Waals surface area contributed by atoms with Crippen LogP contribution in [0, 0.1) is 5.92 Å². The van der Waals surface area contributed by atoms with Crippen molar-refractivity contribution >= 4 is 37.5 Å². The van der Waals surface area contributed by atoms with Crippen LogP contribution in [-0.4, -0.2) is 0 Å². The first-order valence-corrected chi connectivity index (χ1v) is 8.40. The average molecular weight is 397 g/mol. The number of anilines is 1. The van der Waals surface area contributed by atoms with Gasteiger partial charge in [0.2, 0.25) is 0 Å². The molecule has 2 rings (SSSR count). The summed E-state index contributed by atoms with van der Waals surface area (Å²) in [4.78, 5) is 0. The summed E-state index contributed by atoms with van der Waals surface area (Å²) < 4.78 is 2.16. The minimum absolute atomic E-state index is 0.705. The van der Waals surface area contributed by atoms with Gasteiger partial charge in [0.15, 0.2) is 0 Å². The summed E-state index contributed by atoms with van der Waals surface area (Å²) in [5.41, 5.74) is 3.81. The molecule has 0 saturated carbocycles. The molecule has 1 nitrogen and oxygen atoms in total. The molecule has 0 spiro atoms. The van der Waals surface area contributed by atoms with Crippen molar-refractivity contribution in [3.63, 3.8) is 0 Å². The molecule has 0 aliphatic carbocycles. The molecule has 2 aromatic rings. The molecule has 1 N–H and O–H groups in total. The Bertz CT molecular complexity index is 562. The van der Waals surface area contributed by atoms with E-state index in [0.717, 1.165) is 27.6 Å². The van der Waals surface area contributed by atoms with E-state index in [1.54, 1.807) is 0 Å². The summed E-state index contributed by atoms with van der Waals surface area (Å²) in [6.45, 7) is 5.33. The molecular weight excluding hydrogens is 378 g/mol. The van der Waals surface area contributed by atoms with E-state index < -0.39 is 0 Å². The highest BCUT2D eigenvalue weighted by molar-refractivity contribution is 9.11. The predicted molar refractivity (Wildman–Crippen MR) is 94.2 cm³/mol. The second-order valence-electron chi connectivity index (χ2n) is 5.39. The summed E-state index contributed by atoms with van der Waals surface area (Å²) in [5.74, 6) is 0.705. The fourth-order valence-electron chi connectivity index (χ4n) is 2.09. The first-order chi connectivity index (χ1) is 9.54. The maximum atomic E-state index is 3.56. The molecular formula is C17H19Br2N. The minimum Gasteiger partial charge on any atom is -0.380 e. The number of hydrogen-bond donors (Lipinski definition) is 1. The van der Waals surface area contributed by atoms with Gasteiger partial charge in [-0.1, -0.05) is 54.0 Å². The Kier molecular flexibility index (Phi) is 5.67. The van der Waals surface area contributed by atoms with Gasteiger partial charge in [0.05, 0.1) is 0 Å². The lowest BCUT2D eigenvalue weighted by Gasteiger charge is -2.10. The van der Waals surface area contributed by atoms with Crippen molar-refractivity contribution in [3.8, 4) is 0 Å². The van der Waals surface area contributed by atoms with E-state index in [1.165, 1.54) is 11.1 Å². The molecule has 0 aliphatic heterocycles. The Hall–Kier alpha value is -0.800. The van der Waals surface area contributed by atoms with E-state index in [1.807, 2.05) is 12.1 Å². The fraction of sp³-hybridized carbons (Fsp3) is 0.294. The molecule has 0 saturated heterocycles. The van der Waals surface area contributed by atoms with Gasteiger partial charge >= 0.3 is 0 Å². The maximum absolute atomic E-state index is 3.56. The van der Waals surface area contributed by atoms with Gasteiger partial charge in [-0.3, -0.25) is 0 Å². The van der Waals surface area contributed by atoms with Gasteiger partial charge in [-0.05, 0) is 57.6 Å². The predicted octanol–water partition coefficient (Wildman–Crippen LogP) is 6.02. The van der Waals surface area contributed by atoms with Crippen molar-refractivity contribution in [1.29, 1.82) is 0 Å². The van der Waals surface area contributed by atoms with E-state index in [9.17, 15) is 0 Å². The molecule has 0 radical (unpaired) electrons. The van der Waals surface area contributed by atoms with Crippen LogP contribution in [0.1, 0.15) is 25.0 Å². The first kappa shape index (κ1) is 15.6. The topological polar surface area (TPSA) is 12.0 Å². The van der Waals surface area contributed by atoms with Crippen LogP contribution < -0.4 is 5.32 Å². The van der Waals surface area contributed by atoms with Crippen LogP contribution in [0.25, 0.3) is 0 Å². The Morgan fingerprint density at radius 3 is 2.25 bits per heavy atom. The zero-order chi connectivity index (χ0) is 14.5. The number of nitrogens with one attached hydrogen (secondary N) is 1. The van der Waals surface area contributed by atoms with Crippen LogP contribution >= 0.6 is 31.9 Å². The van der Waals surface area contributed by atoms with Gasteiger partial charge in [0.25, 0.3) is 0 Å². The number of halogens is 2. The molecule has 0 heterocycles. The lowest BCUT2D eigenvalue weighted by atomic mass is 10.0. The number of benzene rings is 2. The zero-order valence-electron chi connectivity index (χ0n) is 11.8. The second-order valence-corrected chi connectivity index (χ2v) is 7.16. The summed E-state index contributed by atoms with van der Waals surface area (Å²) in [7, 11) is 0. The van der Waals surface area contributed by atoms with Crippen LogP contribution in [0.4, 0.5) is 5.69 Å². The SMILES string of the molecule is CC(C)Cc1ccc(CNc2cc(Br)ccc2Br)cc1. The molecule has 2 aromatic carbocycles. The summed E-state index contributed by atoms with van der Waals surface area (Å²) in [5, 5.41) is 3.45. The third kappa shape index (κ3) is 4.64. The van der Waals surface area contributed by atoms with Crippen molar-refractivity contribution in [2.45, 2.75) is 26.8 Å².